The number of thioether (sulfide) groups is 2. The number of nitrogens with zero attached hydrogens (tertiary/aromatic N) is 1. The van der Waals surface area contributed by atoms with Crippen LogP contribution in [0.2, 0.25) is 0 Å². The standard InChI is InChI=1S/C37H33FN2O7S2/c38-28-5-1-3-24(19-28)15-17-45-30-13-9-27(10-14-30)22-33-35(42)40(37(44)49-33)23-47-31-6-2-4-25(20-31)16-18-46-29-11-7-26(8-12-29)21-32-34(41)39-36(43)48-32/h1-14,19-20,32-33H,15-18,21-23H2,(H,39,41,43). The number of halogens is 1. The molecule has 2 aliphatic rings. The Morgan fingerprint density at radius 3 is 1.82 bits per heavy atom. The zero-order valence-electron chi connectivity index (χ0n) is 26.3. The minimum absolute atomic E-state index is 0.180. The fraction of sp³-hybridized carbons (Fsp3) is 0.243. The first-order chi connectivity index (χ1) is 23.8. The fourth-order valence-corrected chi connectivity index (χ4v) is 7.22. The molecular formula is C37H33FN2O7S2. The molecule has 4 aromatic carbocycles. The fourth-order valence-electron chi connectivity index (χ4n) is 5.34. The lowest BCUT2D eigenvalue weighted by Crippen LogP contribution is -2.35. The Morgan fingerprint density at radius 1 is 0.633 bits per heavy atom. The molecule has 4 aromatic rings. The smallest absolute Gasteiger partial charge is 0.291 e. The lowest BCUT2D eigenvalue weighted by molar-refractivity contribution is -0.128. The molecule has 1 N–H and O–H groups in total. The van der Waals surface area contributed by atoms with Gasteiger partial charge in [-0.3, -0.25) is 24.5 Å². The van der Waals surface area contributed by atoms with E-state index < -0.39 is 10.5 Å². The van der Waals surface area contributed by atoms with Crippen LogP contribution in [0.15, 0.2) is 97.1 Å². The maximum Gasteiger partial charge on any atom is 0.291 e. The van der Waals surface area contributed by atoms with Crippen molar-refractivity contribution in [3.05, 3.63) is 125 Å². The van der Waals surface area contributed by atoms with Crippen molar-refractivity contribution in [2.75, 3.05) is 19.9 Å². The molecule has 6 rings (SSSR count). The molecule has 9 nitrogen and oxygen atoms in total. The summed E-state index contributed by atoms with van der Waals surface area (Å²) in [5, 5.41) is 0.690. The largest absolute Gasteiger partial charge is 0.493 e. The molecule has 0 aromatic heterocycles. The number of ether oxygens (including phenoxy) is 3. The molecule has 12 heteroatoms. The van der Waals surface area contributed by atoms with Crippen LogP contribution in [0.3, 0.4) is 0 Å². The van der Waals surface area contributed by atoms with Crippen LogP contribution in [0.4, 0.5) is 14.0 Å². The Balaban J connectivity index is 0.921. The van der Waals surface area contributed by atoms with Crippen LogP contribution in [0.1, 0.15) is 22.3 Å². The van der Waals surface area contributed by atoms with Gasteiger partial charge in [0.15, 0.2) is 6.73 Å². The zero-order valence-corrected chi connectivity index (χ0v) is 28.0. The van der Waals surface area contributed by atoms with Crippen molar-refractivity contribution in [1.82, 2.24) is 10.2 Å². The van der Waals surface area contributed by atoms with Crippen molar-refractivity contribution in [2.24, 2.45) is 0 Å². The van der Waals surface area contributed by atoms with Crippen LogP contribution >= 0.6 is 23.5 Å². The van der Waals surface area contributed by atoms with E-state index in [1.54, 1.807) is 12.1 Å². The topological polar surface area (TPSA) is 111 Å². The Hall–Kier alpha value is -4.81. The molecule has 252 valence electrons. The molecule has 2 unspecified atom stereocenters. The van der Waals surface area contributed by atoms with E-state index in [2.05, 4.69) is 5.32 Å². The number of hydrogen-bond acceptors (Lipinski definition) is 9. The summed E-state index contributed by atoms with van der Waals surface area (Å²) in [4.78, 5) is 50.1. The summed E-state index contributed by atoms with van der Waals surface area (Å²) in [5.41, 5.74) is 3.67. The van der Waals surface area contributed by atoms with Gasteiger partial charge in [0.05, 0.1) is 23.7 Å². The molecule has 49 heavy (non-hydrogen) atoms. The lowest BCUT2D eigenvalue weighted by atomic mass is 10.1. The third-order valence-corrected chi connectivity index (χ3v) is 9.98. The van der Waals surface area contributed by atoms with Crippen LogP contribution in [0.5, 0.6) is 17.2 Å². The maximum atomic E-state index is 13.4. The van der Waals surface area contributed by atoms with Gasteiger partial charge in [-0.05, 0) is 83.6 Å². The Labute approximate surface area is 291 Å². The molecule has 2 fully saturated rings. The maximum absolute atomic E-state index is 13.4. The minimum atomic E-state index is -0.543. The third-order valence-electron chi connectivity index (χ3n) is 7.93. The van der Waals surface area contributed by atoms with Gasteiger partial charge in [0.1, 0.15) is 23.1 Å². The molecule has 2 aliphatic heterocycles. The van der Waals surface area contributed by atoms with E-state index in [4.69, 9.17) is 14.2 Å². The lowest BCUT2D eigenvalue weighted by Gasteiger charge is -2.16. The van der Waals surface area contributed by atoms with E-state index >= 15 is 0 Å². The monoisotopic (exact) mass is 700 g/mol. The van der Waals surface area contributed by atoms with Crippen molar-refractivity contribution in [3.63, 3.8) is 0 Å². The van der Waals surface area contributed by atoms with E-state index in [0.29, 0.717) is 56.1 Å². The van der Waals surface area contributed by atoms with E-state index in [9.17, 15) is 23.6 Å². The number of nitrogens with one attached hydrogen (secondary N) is 1. The van der Waals surface area contributed by atoms with Crippen LogP contribution in [-0.2, 0) is 35.3 Å². The number of carbonyl (C=O) groups is 4. The first-order valence-electron chi connectivity index (χ1n) is 15.7. The van der Waals surface area contributed by atoms with E-state index in [0.717, 1.165) is 50.7 Å². The third kappa shape index (κ3) is 9.42. The highest BCUT2D eigenvalue weighted by molar-refractivity contribution is 8.15. The van der Waals surface area contributed by atoms with Gasteiger partial charge in [-0.2, -0.15) is 0 Å². The summed E-state index contributed by atoms with van der Waals surface area (Å²) >= 11 is 2.01. The summed E-state index contributed by atoms with van der Waals surface area (Å²) in [7, 11) is 0. The molecule has 0 bridgehead atoms. The zero-order chi connectivity index (χ0) is 34.2. The van der Waals surface area contributed by atoms with Crippen LogP contribution in [0, 0.1) is 5.82 Å². The second kappa shape index (κ2) is 16.1. The molecule has 0 saturated carbocycles. The van der Waals surface area contributed by atoms with Gasteiger partial charge in [0.25, 0.3) is 10.5 Å². The number of hydrogen-bond donors (Lipinski definition) is 1. The number of amides is 4. The molecule has 2 heterocycles. The average molecular weight is 701 g/mol. The van der Waals surface area contributed by atoms with E-state index in [1.165, 1.54) is 12.1 Å². The Morgan fingerprint density at radius 2 is 1.22 bits per heavy atom. The quantitative estimate of drug-likeness (QED) is 0.147. The predicted molar refractivity (Wildman–Crippen MR) is 186 cm³/mol. The predicted octanol–water partition coefficient (Wildman–Crippen LogP) is 6.61. The highest BCUT2D eigenvalue weighted by Gasteiger charge is 2.40. The highest BCUT2D eigenvalue weighted by atomic mass is 32.2. The molecule has 0 spiro atoms. The van der Waals surface area contributed by atoms with Gasteiger partial charge < -0.3 is 14.2 Å². The summed E-state index contributed by atoms with van der Waals surface area (Å²) in [6.07, 6.45) is 2.05. The van der Waals surface area contributed by atoms with Crippen LogP contribution in [0.25, 0.3) is 0 Å². The SMILES string of the molecule is O=C1NC(=O)C(Cc2ccc(OCCc3cccc(OCN4C(=O)SC(Cc5ccc(OCCc6cccc(F)c6)cc5)C4=O)c3)cc2)S1. The number of imide groups is 2. The van der Waals surface area contributed by atoms with Crippen molar-refractivity contribution < 1.29 is 37.8 Å². The Bertz CT molecular complexity index is 1820. The number of benzene rings is 4. The molecule has 2 atom stereocenters. The summed E-state index contributed by atoms with van der Waals surface area (Å²) in [5.74, 6) is 1.08. The molecule has 0 radical (unpaired) electrons. The summed E-state index contributed by atoms with van der Waals surface area (Å²) in [6.45, 7) is 0.645. The van der Waals surface area contributed by atoms with E-state index in [1.807, 2.05) is 72.8 Å². The molecule has 2 saturated heterocycles. The van der Waals surface area contributed by atoms with E-state index in [-0.39, 0.29) is 34.8 Å². The average Bonchev–Trinajstić information content (AvgIpc) is 3.55. The van der Waals surface area contributed by atoms with Gasteiger partial charge in [0, 0.05) is 12.8 Å². The second-order valence-electron chi connectivity index (χ2n) is 11.5. The first kappa shape index (κ1) is 34.1. The number of carbonyl (C=O) groups excluding carboxylic acids is 4. The molecule has 4 amide bonds. The number of rotatable bonds is 15. The molecular weight excluding hydrogens is 668 g/mol. The summed E-state index contributed by atoms with van der Waals surface area (Å²) < 4.78 is 30.9. The Kier molecular flexibility index (Phi) is 11.2. The van der Waals surface area contributed by atoms with Crippen molar-refractivity contribution in [3.8, 4) is 17.2 Å². The second-order valence-corrected chi connectivity index (χ2v) is 13.8. The minimum Gasteiger partial charge on any atom is -0.493 e. The molecule has 0 aliphatic carbocycles. The van der Waals surface area contributed by atoms with Crippen LogP contribution < -0.4 is 19.5 Å². The van der Waals surface area contributed by atoms with Gasteiger partial charge in [0.2, 0.25) is 11.8 Å². The van der Waals surface area contributed by atoms with Crippen molar-refractivity contribution in [2.45, 2.75) is 36.2 Å². The van der Waals surface area contributed by atoms with Crippen molar-refractivity contribution >= 4 is 45.8 Å². The first-order valence-corrected chi connectivity index (χ1v) is 17.5. The van der Waals surface area contributed by atoms with Gasteiger partial charge in [-0.15, -0.1) is 0 Å². The summed E-state index contributed by atoms with van der Waals surface area (Å²) in [6, 6.07) is 28.7. The van der Waals surface area contributed by atoms with Gasteiger partial charge >= 0.3 is 0 Å². The van der Waals surface area contributed by atoms with Gasteiger partial charge in [-0.25, -0.2) is 9.29 Å². The van der Waals surface area contributed by atoms with Crippen LogP contribution in [-0.4, -0.2) is 57.6 Å². The van der Waals surface area contributed by atoms with Crippen molar-refractivity contribution in [1.29, 1.82) is 0 Å². The normalized spacial score (nSPS) is 17.4. The van der Waals surface area contributed by atoms with Gasteiger partial charge in [-0.1, -0.05) is 72.1 Å². The highest BCUT2D eigenvalue weighted by Crippen LogP contribution is 2.30.